The van der Waals surface area contributed by atoms with Crippen LogP contribution in [0.3, 0.4) is 0 Å². The summed E-state index contributed by atoms with van der Waals surface area (Å²) < 4.78 is 5.15. The SMILES string of the molecule is COCCN1CCC2(C1)CN(c1ccc(C#N)cn1)C2. The molecule has 0 unspecified atom stereocenters. The molecule has 0 amide bonds. The summed E-state index contributed by atoms with van der Waals surface area (Å²) in [5.74, 6) is 0.991. The third-order valence-electron chi connectivity index (χ3n) is 4.38. The summed E-state index contributed by atoms with van der Waals surface area (Å²) in [5, 5.41) is 8.79. The summed E-state index contributed by atoms with van der Waals surface area (Å²) in [4.78, 5) is 9.16. The van der Waals surface area contributed by atoms with Gasteiger partial charge >= 0.3 is 0 Å². The maximum Gasteiger partial charge on any atom is 0.128 e. The van der Waals surface area contributed by atoms with Crippen molar-refractivity contribution >= 4 is 5.82 Å². The number of methoxy groups -OCH3 is 1. The first-order chi connectivity index (χ1) is 9.74. The van der Waals surface area contributed by atoms with Gasteiger partial charge in [-0.2, -0.15) is 5.26 Å². The summed E-state index contributed by atoms with van der Waals surface area (Å²) in [5.41, 5.74) is 1.07. The Morgan fingerprint density at radius 1 is 1.40 bits per heavy atom. The molecule has 1 aromatic rings. The second-order valence-corrected chi connectivity index (χ2v) is 5.89. The highest BCUT2D eigenvalue weighted by molar-refractivity contribution is 5.45. The zero-order chi connectivity index (χ0) is 14.0. The van der Waals surface area contributed by atoms with Crippen LogP contribution < -0.4 is 4.90 Å². The summed E-state index contributed by atoms with van der Waals surface area (Å²) in [6.07, 6.45) is 2.92. The monoisotopic (exact) mass is 272 g/mol. The molecular formula is C15H20N4O. The van der Waals surface area contributed by atoms with E-state index in [2.05, 4.69) is 20.9 Å². The van der Waals surface area contributed by atoms with E-state index in [0.717, 1.165) is 32.1 Å². The Balaban J connectivity index is 1.54. The Bertz CT molecular complexity index is 502. The minimum absolute atomic E-state index is 0.448. The molecule has 106 valence electrons. The summed E-state index contributed by atoms with van der Waals surface area (Å²) >= 11 is 0. The smallest absolute Gasteiger partial charge is 0.128 e. The zero-order valence-electron chi connectivity index (χ0n) is 11.9. The summed E-state index contributed by atoms with van der Waals surface area (Å²) in [6, 6.07) is 5.89. The van der Waals surface area contributed by atoms with Crippen molar-refractivity contribution in [3.63, 3.8) is 0 Å². The minimum Gasteiger partial charge on any atom is -0.383 e. The average Bonchev–Trinajstić information content (AvgIpc) is 2.88. The number of ether oxygens (including phenoxy) is 1. The Labute approximate surface area is 119 Å². The molecule has 0 bridgehead atoms. The molecule has 0 aliphatic carbocycles. The van der Waals surface area contributed by atoms with E-state index in [1.54, 1.807) is 13.3 Å². The number of rotatable bonds is 4. The molecule has 2 saturated heterocycles. The van der Waals surface area contributed by atoms with Gasteiger partial charge in [0.15, 0.2) is 0 Å². The van der Waals surface area contributed by atoms with E-state index >= 15 is 0 Å². The molecule has 0 aromatic carbocycles. The molecule has 20 heavy (non-hydrogen) atoms. The molecule has 3 heterocycles. The average molecular weight is 272 g/mol. The van der Waals surface area contributed by atoms with E-state index in [4.69, 9.17) is 10.00 Å². The lowest BCUT2D eigenvalue weighted by atomic mass is 9.79. The van der Waals surface area contributed by atoms with E-state index in [-0.39, 0.29) is 0 Å². The van der Waals surface area contributed by atoms with Crippen LogP contribution >= 0.6 is 0 Å². The lowest BCUT2D eigenvalue weighted by Gasteiger charge is -2.48. The number of aromatic nitrogens is 1. The van der Waals surface area contributed by atoms with Gasteiger partial charge in [0.2, 0.25) is 0 Å². The number of pyridine rings is 1. The van der Waals surface area contributed by atoms with Gasteiger partial charge in [0, 0.05) is 44.9 Å². The number of hydrogen-bond acceptors (Lipinski definition) is 5. The first-order valence-electron chi connectivity index (χ1n) is 7.07. The third-order valence-corrected chi connectivity index (χ3v) is 4.38. The lowest BCUT2D eigenvalue weighted by Crippen LogP contribution is -2.58. The molecule has 1 aromatic heterocycles. The Kier molecular flexibility index (Phi) is 3.60. The van der Waals surface area contributed by atoms with Gasteiger partial charge in [-0.15, -0.1) is 0 Å². The number of hydrogen-bond donors (Lipinski definition) is 0. The van der Waals surface area contributed by atoms with Crippen LogP contribution in [0.5, 0.6) is 0 Å². The van der Waals surface area contributed by atoms with Crippen LogP contribution in [-0.2, 0) is 4.74 Å². The van der Waals surface area contributed by atoms with E-state index in [1.807, 2.05) is 12.1 Å². The van der Waals surface area contributed by atoms with Crippen LogP contribution in [0.1, 0.15) is 12.0 Å². The molecular weight excluding hydrogens is 252 g/mol. The van der Waals surface area contributed by atoms with Crippen molar-refractivity contribution in [1.29, 1.82) is 5.26 Å². The number of likely N-dealkylation sites (tertiary alicyclic amines) is 1. The zero-order valence-corrected chi connectivity index (χ0v) is 11.9. The minimum atomic E-state index is 0.448. The fourth-order valence-corrected chi connectivity index (χ4v) is 3.26. The first kappa shape index (κ1) is 13.3. The molecule has 0 radical (unpaired) electrons. The van der Waals surface area contributed by atoms with Gasteiger partial charge in [-0.05, 0) is 25.1 Å². The quantitative estimate of drug-likeness (QED) is 0.822. The molecule has 2 fully saturated rings. The van der Waals surface area contributed by atoms with Gasteiger partial charge in [0.25, 0.3) is 0 Å². The van der Waals surface area contributed by atoms with Crippen LogP contribution in [0.4, 0.5) is 5.82 Å². The van der Waals surface area contributed by atoms with E-state index in [9.17, 15) is 0 Å². The fraction of sp³-hybridized carbons (Fsp3) is 0.600. The topological polar surface area (TPSA) is 52.4 Å². The second kappa shape index (κ2) is 5.39. The molecule has 0 atom stereocenters. The normalized spacial score (nSPS) is 20.9. The standard InChI is InChI=1S/C15H20N4O/c1-20-7-6-18-5-4-15(10-18)11-19(12-15)14-3-2-13(8-16)9-17-14/h2-3,9H,4-7,10-12H2,1H3. The van der Waals surface area contributed by atoms with E-state index < -0.39 is 0 Å². The molecule has 5 nitrogen and oxygen atoms in total. The van der Waals surface area contributed by atoms with E-state index in [0.29, 0.717) is 11.0 Å². The van der Waals surface area contributed by atoms with Crippen LogP contribution in [0.2, 0.25) is 0 Å². The van der Waals surface area contributed by atoms with Crippen LogP contribution in [0.15, 0.2) is 18.3 Å². The van der Waals surface area contributed by atoms with Crippen LogP contribution in [0.25, 0.3) is 0 Å². The molecule has 5 heteroatoms. The van der Waals surface area contributed by atoms with Crippen molar-refractivity contribution in [2.75, 3.05) is 51.3 Å². The maximum absolute atomic E-state index is 8.79. The third kappa shape index (κ3) is 2.49. The Morgan fingerprint density at radius 3 is 2.90 bits per heavy atom. The van der Waals surface area contributed by atoms with Crippen LogP contribution in [0, 0.1) is 16.7 Å². The molecule has 0 saturated carbocycles. The van der Waals surface area contributed by atoms with Gasteiger partial charge in [-0.3, -0.25) is 0 Å². The number of nitriles is 1. The van der Waals surface area contributed by atoms with Crippen molar-refractivity contribution in [2.45, 2.75) is 6.42 Å². The summed E-state index contributed by atoms with van der Waals surface area (Å²) in [7, 11) is 1.76. The predicted octanol–water partition coefficient (Wildman–Crippen LogP) is 1.11. The van der Waals surface area contributed by atoms with Gasteiger partial charge in [0.1, 0.15) is 11.9 Å². The summed E-state index contributed by atoms with van der Waals surface area (Å²) in [6.45, 7) is 6.36. The fourth-order valence-electron chi connectivity index (χ4n) is 3.26. The Hall–Kier alpha value is -1.64. The van der Waals surface area contributed by atoms with Crippen molar-refractivity contribution < 1.29 is 4.74 Å². The van der Waals surface area contributed by atoms with Crippen molar-refractivity contribution in [3.8, 4) is 6.07 Å². The molecule has 1 spiro atoms. The lowest BCUT2D eigenvalue weighted by molar-refractivity contribution is 0.145. The highest BCUT2D eigenvalue weighted by atomic mass is 16.5. The van der Waals surface area contributed by atoms with Crippen molar-refractivity contribution in [2.24, 2.45) is 5.41 Å². The van der Waals surface area contributed by atoms with Crippen LogP contribution in [-0.4, -0.2) is 56.3 Å². The maximum atomic E-state index is 8.79. The Morgan fingerprint density at radius 2 is 2.25 bits per heavy atom. The first-order valence-corrected chi connectivity index (χ1v) is 7.07. The predicted molar refractivity (Wildman–Crippen MR) is 76.5 cm³/mol. The van der Waals surface area contributed by atoms with Crippen molar-refractivity contribution in [3.05, 3.63) is 23.9 Å². The molecule has 2 aliphatic heterocycles. The van der Waals surface area contributed by atoms with E-state index in [1.165, 1.54) is 19.5 Å². The molecule has 3 rings (SSSR count). The molecule has 2 aliphatic rings. The highest BCUT2D eigenvalue weighted by Gasteiger charge is 2.47. The van der Waals surface area contributed by atoms with Gasteiger partial charge < -0.3 is 14.5 Å². The molecule has 0 N–H and O–H groups in total. The highest BCUT2D eigenvalue weighted by Crippen LogP contribution is 2.41. The van der Waals surface area contributed by atoms with Gasteiger partial charge in [-0.25, -0.2) is 4.98 Å². The largest absolute Gasteiger partial charge is 0.383 e. The van der Waals surface area contributed by atoms with Gasteiger partial charge in [-0.1, -0.05) is 0 Å². The number of anilines is 1. The van der Waals surface area contributed by atoms with Crippen molar-refractivity contribution in [1.82, 2.24) is 9.88 Å². The number of nitrogens with zero attached hydrogens (tertiary/aromatic N) is 4. The van der Waals surface area contributed by atoms with Gasteiger partial charge in [0.05, 0.1) is 12.2 Å². The second-order valence-electron chi connectivity index (χ2n) is 5.89.